The summed E-state index contributed by atoms with van der Waals surface area (Å²) in [4.78, 5) is 2.36. The second kappa shape index (κ2) is 7.73. The lowest BCUT2D eigenvalue weighted by atomic mass is 9.98. The van der Waals surface area contributed by atoms with Crippen molar-refractivity contribution in [3.8, 4) is 0 Å². The van der Waals surface area contributed by atoms with E-state index >= 15 is 0 Å². The number of nitrogens with one attached hydrogen (secondary N) is 1. The first-order chi connectivity index (χ1) is 11.2. The maximum absolute atomic E-state index is 10.7. The van der Waals surface area contributed by atoms with Crippen LogP contribution in [0.25, 0.3) is 0 Å². The third-order valence-corrected chi connectivity index (χ3v) is 4.76. The molecule has 3 heteroatoms. The predicted octanol–water partition coefficient (Wildman–Crippen LogP) is 2.60. The Kier molecular flexibility index (Phi) is 5.44. The van der Waals surface area contributed by atoms with Crippen molar-refractivity contribution in [1.82, 2.24) is 10.2 Å². The Balaban J connectivity index is 1.64. The standard InChI is InChI=1S/C20H26N2O/c1-16(22-13-11-21-12-14-22)20(23)19-9-7-18(8-10-19)15-17-5-3-2-4-6-17/h2-10,16,20-21,23H,11-15H2,1H3. The molecule has 0 aliphatic carbocycles. The molecule has 122 valence electrons. The van der Waals surface area contributed by atoms with Gasteiger partial charge in [-0.25, -0.2) is 0 Å². The normalized spacial score (nSPS) is 18.5. The summed E-state index contributed by atoms with van der Waals surface area (Å²) in [5.41, 5.74) is 3.60. The lowest BCUT2D eigenvalue weighted by molar-refractivity contribution is 0.0510. The Morgan fingerprint density at radius 2 is 1.57 bits per heavy atom. The zero-order chi connectivity index (χ0) is 16.1. The highest BCUT2D eigenvalue weighted by Crippen LogP contribution is 2.22. The summed E-state index contributed by atoms with van der Waals surface area (Å²) in [6.07, 6.45) is 0.503. The van der Waals surface area contributed by atoms with Crippen LogP contribution in [0.3, 0.4) is 0 Å². The van der Waals surface area contributed by atoms with E-state index in [-0.39, 0.29) is 6.04 Å². The Bertz CT molecular complexity index is 591. The second-order valence-electron chi connectivity index (χ2n) is 6.38. The van der Waals surface area contributed by atoms with Crippen LogP contribution in [0.1, 0.15) is 29.7 Å². The van der Waals surface area contributed by atoms with Gasteiger partial charge in [0, 0.05) is 32.2 Å². The van der Waals surface area contributed by atoms with Gasteiger partial charge >= 0.3 is 0 Å². The van der Waals surface area contributed by atoms with Gasteiger partial charge in [0.2, 0.25) is 0 Å². The second-order valence-corrected chi connectivity index (χ2v) is 6.38. The highest BCUT2D eigenvalue weighted by Gasteiger charge is 2.24. The fraction of sp³-hybridized carbons (Fsp3) is 0.400. The van der Waals surface area contributed by atoms with Crippen LogP contribution in [0.4, 0.5) is 0 Å². The van der Waals surface area contributed by atoms with Gasteiger partial charge < -0.3 is 10.4 Å². The Hall–Kier alpha value is -1.68. The van der Waals surface area contributed by atoms with Crippen LogP contribution in [0.5, 0.6) is 0 Å². The number of hydrogen-bond acceptors (Lipinski definition) is 3. The fourth-order valence-corrected chi connectivity index (χ4v) is 3.23. The first-order valence-electron chi connectivity index (χ1n) is 8.49. The van der Waals surface area contributed by atoms with Gasteiger partial charge in [-0.1, -0.05) is 54.6 Å². The number of aliphatic hydroxyl groups excluding tert-OH is 1. The largest absolute Gasteiger partial charge is 0.387 e. The minimum absolute atomic E-state index is 0.150. The summed E-state index contributed by atoms with van der Waals surface area (Å²) in [6, 6.07) is 19.0. The van der Waals surface area contributed by atoms with E-state index in [1.54, 1.807) is 0 Å². The van der Waals surface area contributed by atoms with Crippen molar-refractivity contribution in [1.29, 1.82) is 0 Å². The van der Waals surface area contributed by atoms with E-state index in [1.165, 1.54) is 11.1 Å². The summed E-state index contributed by atoms with van der Waals surface area (Å²) in [6.45, 7) is 6.14. The molecule has 2 aromatic carbocycles. The molecule has 2 unspecified atom stereocenters. The van der Waals surface area contributed by atoms with Crippen molar-refractivity contribution in [2.45, 2.75) is 25.5 Å². The van der Waals surface area contributed by atoms with Crippen molar-refractivity contribution in [2.24, 2.45) is 0 Å². The smallest absolute Gasteiger partial charge is 0.0942 e. The summed E-state index contributed by atoms with van der Waals surface area (Å²) in [5, 5.41) is 14.0. The quantitative estimate of drug-likeness (QED) is 0.891. The zero-order valence-corrected chi connectivity index (χ0v) is 13.8. The number of piperazine rings is 1. The molecule has 2 atom stereocenters. The van der Waals surface area contributed by atoms with E-state index in [0.29, 0.717) is 0 Å². The van der Waals surface area contributed by atoms with Crippen LogP contribution >= 0.6 is 0 Å². The van der Waals surface area contributed by atoms with Crippen LogP contribution in [-0.2, 0) is 6.42 Å². The van der Waals surface area contributed by atoms with E-state index < -0.39 is 6.10 Å². The molecule has 2 N–H and O–H groups in total. The van der Waals surface area contributed by atoms with Crippen molar-refractivity contribution in [3.63, 3.8) is 0 Å². The van der Waals surface area contributed by atoms with E-state index in [4.69, 9.17) is 0 Å². The molecule has 1 aliphatic heterocycles. The van der Waals surface area contributed by atoms with Gasteiger partial charge in [-0.15, -0.1) is 0 Å². The molecule has 0 radical (unpaired) electrons. The van der Waals surface area contributed by atoms with E-state index in [0.717, 1.165) is 38.2 Å². The molecule has 3 nitrogen and oxygen atoms in total. The number of nitrogens with zero attached hydrogens (tertiary/aromatic N) is 1. The maximum atomic E-state index is 10.7. The van der Waals surface area contributed by atoms with E-state index in [9.17, 15) is 5.11 Å². The highest BCUT2D eigenvalue weighted by atomic mass is 16.3. The van der Waals surface area contributed by atoms with Gasteiger partial charge in [-0.2, -0.15) is 0 Å². The summed E-state index contributed by atoms with van der Waals surface area (Å²) in [5.74, 6) is 0. The average molecular weight is 310 g/mol. The molecule has 1 heterocycles. The van der Waals surface area contributed by atoms with Gasteiger partial charge in [0.25, 0.3) is 0 Å². The van der Waals surface area contributed by atoms with Crippen LogP contribution < -0.4 is 5.32 Å². The Morgan fingerprint density at radius 3 is 2.22 bits per heavy atom. The first kappa shape index (κ1) is 16.2. The molecule has 1 saturated heterocycles. The molecule has 0 saturated carbocycles. The van der Waals surface area contributed by atoms with Crippen molar-refractivity contribution < 1.29 is 5.11 Å². The number of aliphatic hydroxyl groups is 1. The lowest BCUT2D eigenvalue weighted by Crippen LogP contribution is -2.49. The number of hydrogen-bond donors (Lipinski definition) is 2. The highest BCUT2D eigenvalue weighted by molar-refractivity contribution is 5.30. The molecule has 1 fully saturated rings. The van der Waals surface area contributed by atoms with Crippen molar-refractivity contribution in [3.05, 3.63) is 71.3 Å². The molecule has 1 aliphatic rings. The average Bonchev–Trinajstić information content (AvgIpc) is 2.63. The van der Waals surface area contributed by atoms with Crippen molar-refractivity contribution in [2.75, 3.05) is 26.2 Å². The molecule has 23 heavy (non-hydrogen) atoms. The third-order valence-electron chi connectivity index (χ3n) is 4.76. The SMILES string of the molecule is CC(C(O)c1ccc(Cc2ccccc2)cc1)N1CCNCC1. The molecule has 3 rings (SSSR count). The molecule has 0 aromatic heterocycles. The molecule has 0 spiro atoms. The summed E-state index contributed by atoms with van der Waals surface area (Å²) < 4.78 is 0. The molecule has 0 amide bonds. The van der Waals surface area contributed by atoms with Gasteiger partial charge in [0.05, 0.1) is 6.10 Å². The monoisotopic (exact) mass is 310 g/mol. The number of rotatable bonds is 5. The molecule has 0 bridgehead atoms. The van der Waals surface area contributed by atoms with Gasteiger partial charge in [0.15, 0.2) is 0 Å². The van der Waals surface area contributed by atoms with Gasteiger partial charge in [0.1, 0.15) is 0 Å². The molecule has 2 aromatic rings. The first-order valence-corrected chi connectivity index (χ1v) is 8.49. The Morgan fingerprint density at radius 1 is 0.957 bits per heavy atom. The number of benzene rings is 2. The van der Waals surface area contributed by atoms with Crippen LogP contribution in [0, 0.1) is 0 Å². The summed E-state index contributed by atoms with van der Waals surface area (Å²) >= 11 is 0. The predicted molar refractivity (Wildman–Crippen MR) is 94.6 cm³/mol. The van der Waals surface area contributed by atoms with Crippen LogP contribution in [0.2, 0.25) is 0 Å². The summed E-state index contributed by atoms with van der Waals surface area (Å²) in [7, 11) is 0. The fourth-order valence-electron chi connectivity index (χ4n) is 3.23. The minimum atomic E-state index is -0.432. The zero-order valence-electron chi connectivity index (χ0n) is 13.8. The lowest BCUT2D eigenvalue weighted by Gasteiger charge is -2.35. The Labute approximate surface area is 139 Å². The van der Waals surface area contributed by atoms with Gasteiger partial charge in [-0.3, -0.25) is 4.90 Å². The van der Waals surface area contributed by atoms with Gasteiger partial charge in [-0.05, 0) is 30.0 Å². The third kappa shape index (κ3) is 4.20. The molecular weight excluding hydrogens is 284 g/mol. The van der Waals surface area contributed by atoms with Crippen LogP contribution in [-0.4, -0.2) is 42.2 Å². The minimum Gasteiger partial charge on any atom is -0.387 e. The van der Waals surface area contributed by atoms with Crippen LogP contribution in [0.15, 0.2) is 54.6 Å². The van der Waals surface area contributed by atoms with E-state index in [2.05, 4.69) is 65.7 Å². The van der Waals surface area contributed by atoms with E-state index in [1.807, 2.05) is 6.07 Å². The maximum Gasteiger partial charge on any atom is 0.0942 e. The van der Waals surface area contributed by atoms with Crippen molar-refractivity contribution >= 4 is 0 Å². The molecular formula is C20H26N2O. The topological polar surface area (TPSA) is 35.5 Å².